The van der Waals surface area contributed by atoms with E-state index in [1.165, 1.54) is 11.3 Å². The second-order valence-electron chi connectivity index (χ2n) is 6.45. The van der Waals surface area contributed by atoms with Gasteiger partial charge in [0.25, 0.3) is 5.91 Å². The highest BCUT2D eigenvalue weighted by Gasteiger charge is 2.14. The van der Waals surface area contributed by atoms with Gasteiger partial charge in [0.1, 0.15) is 10.8 Å². The molecular formula is C22H14N4O2S2. The lowest BCUT2D eigenvalue weighted by atomic mass is 10.2. The van der Waals surface area contributed by atoms with Crippen molar-refractivity contribution >= 4 is 44.5 Å². The van der Waals surface area contributed by atoms with Gasteiger partial charge in [-0.1, -0.05) is 24.3 Å². The highest BCUT2D eigenvalue weighted by Crippen LogP contribution is 2.34. The fourth-order valence-corrected chi connectivity index (χ4v) is 4.85. The van der Waals surface area contributed by atoms with Crippen molar-refractivity contribution in [3.05, 3.63) is 77.9 Å². The molecule has 6 nitrogen and oxygen atoms in total. The predicted octanol–water partition coefficient (Wildman–Crippen LogP) is 5.44. The number of nitrogens with zero attached hydrogens (tertiary/aromatic N) is 3. The first-order valence-electron chi connectivity index (χ1n) is 9.04. The Morgan fingerprint density at radius 1 is 0.933 bits per heavy atom. The van der Waals surface area contributed by atoms with Crippen molar-refractivity contribution in [3.8, 4) is 27.0 Å². The van der Waals surface area contributed by atoms with E-state index in [-0.39, 0.29) is 11.7 Å². The van der Waals surface area contributed by atoms with Crippen LogP contribution < -0.4 is 5.32 Å². The molecule has 0 atom stereocenters. The number of aromatic hydroxyl groups is 1. The highest BCUT2D eigenvalue weighted by atomic mass is 32.1. The molecule has 1 amide bonds. The molecule has 0 spiro atoms. The number of fused-ring (bicyclic) bond motifs is 1. The number of nitrogens with one attached hydrogen (secondary N) is 1. The maximum Gasteiger partial charge on any atom is 0.265 e. The zero-order chi connectivity index (χ0) is 20.5. The lowest BCUT2D eigenvalue weighted by molar-refractivity contribution is 0.103. The Morgan fingerprint density at radius 2 is 1.77 bits per heavy atom. The number of benzene rings is 2. The van der Waals surface area contributed by atoms with E-state index in [1.807, 2.05) is 36.4 Å². The van der Waals surface area contributed by atoms with Gasteiger partial charge in [-0.3, -0.25) is 4.79 Å². The van der Waals surface area contributed by atoms with Gasteiger partial charge in [-0.25, -0.2) is 15.0 Å². The number of amides is 1. The number of hydrogen-bond acceptors (Lipinski definition) is 7. The monoisotopic (exact) mass is 430 g/mol. The van der Waals surface area contributed by atoms with Gasteiger partial charge in [-0.05, 0) is 36.4 Å². The number of phenolic OH excluding ortho intramolecular Hbond substituents is 1. The maximum absolute atomic E-state index is 12.6. The summed E-state index contributed by atoms with van der Waals surface area (Å²) in [4.78, 5) is 27.4. The van der Waals surface area contributed by atoms with E-state index in [2.05, 4.69) is 20.3 Å². The Kier molecular flexibility index (Phi) is 4.70. The van der Waals surface area contributed by atoms with Crippen molar-refractivity contribution in [2.75, 3.05) is 5.32 Å². The Labute approximate surface area is 179 Å². The van der Waals surface area contributed by atoms with Crippen molar-refractivity contribution in [1.29, 1.82) is 0 Å². The van der Waals surface area contributed by atoms with Crippen LogP contribution in [0.5, 0.6) is 5.75 Å². The fourth-order valence-electron chi connectivity index (χ4n) is 2.93. The standard InChI is InChI=1S/C22H14N4O2S2/c27-15-5-3-4-13(10-15)20-23-11-14(12-24-20)25-21(28)18-8-9-19(29-18)22-26-16-6-1-2-7-17(16)30-22/h1-12,27H,(H,25,28). The van der Waals surface area contributed by atoms with Gasteiger partial charge in [0.05, 0.1) is 38.1 Å². The molecule has 3 heterocycles. The summed E-state index contributed by atoms with van der Waals surface area (Å²) < 4.78 is 1.12. The summed E-state index contributed by atoms with van der Waals surface area (Å²) >= 11 is 3.01. The van der Waals surface area contributed by atoms with Crippen molar-refractivity contribution in [1.82, 2.24) is 15.0 Å². The molecule has 0 fully saturated rings. The Morgan fingerprint density at radius 3 is 2.57 bits per heavy atom. The highest BCUT2D eigenvalue weighted by molar-refractivity contribution is 7.26. The van der Waals surface area contributed by atoms with Crippen molar-refractivity contribution in [2.24, 2.45) is 0 Å². The van der Waals surface area contributed by atoms with Crippen LogP contribution in [0.15, 0.2) is 73.1 Å². The molecule has 0 unspecified atom stereocenters. The summed E-state index contributed by atoms with van der Waals surface area (Å²) in [6.45, 7) is 0. The predicted molar refractivity (Wildman–Crippen MR) is 120 cm³/mol. The number of thiazole rings is 1. The van der Waals surface area contributed by atoms with Crippen LogP contribution in [0.4, 0.5) is 5.69 Å². The molecule has 0 aliphatic heterocycles. The van der Waals surface area contributed by atoms with Crippen LogP contribution in [0, 0.1) is 0 Å². The molecule has 30 heavy (non-hydrogen) atoms. The molecule has 2 aromatic carbocycles. The third kappa shape index (κ3) is 3.66. The minimum absolute atomic E-state index is 0.148. The van der Waals surface area contributed by atoms with E-state index < -0.39 is 0 Å². The van der Waals surface area contributed by atoms with Gasteiger partial charge in [0.2, 0.25) is 0 Å². The number of carbonyl (C=O) groups excluding carboxylic acids is 1. The third-order valence-electron chi connectivity index (χ3n) is 4.35. The molecule has 8 heteroatoms. The smallest absolute Gasteiger partial charge is 0.265 e. The lowest BCUT2D eigenvalue weighted by Crippen LogP contribution is -2.10. The summed E-state index contributed by atoms with van der Waals surface area (Å²) in [6, 6.07) is 18.4. The zero-order valence-electron chi connectivity index (χ0n) is 15.4. The van der Waals surface area contributed by atoms with Crippen molar-refractivity contribution in [2.45, 2.75) is 0 Å². The fraction of sp³-hybridized carbons (Fsp3) is 0. The van der Waals surface area contributed by atoms with E-state index >= 15 is 0 Å². The van der Waals surface area contributed by atoms with E-state index in [0.29, 0.717) is 22.0 Å². The molecule has 0 radical (unpaired) electrons. The molecule has 2 N–H and O–H groups in total. The second kappa shape index (κ2) is 7.66. The summed E-state index contributed by atoms with van der Waals surface area (Å²) in [6.07, 6.45) is 3.10. The number of hydrogen-bond donors (Lipinski definition) is 2. The second-order valence-corrected chi connectivity index (χ2v) is 8.56. The number of anilines is 1. The first-order chi connectivity index (χ1) is 14.7. The van der Waals surface area contributed by atoms with Gasteiger partial charge in [-0.15, -0.1) is 22.7 Å². The summed E-state index contributed by atoms with van der Waals surface area (Å²) in [5.74, 6) is 0.398. The lowest BCUT2D eigenvalue weighted by Gasteiger charge is -2.04. The summed E-state index contributed by atoms with van der Waals surface area (Å²) in [5.41, 5.74) is 2.16. The van der Waals surface area contributed by atoms with E-state index in [0.717, 1.165) is 20.1 Å². The summed E-state index contributed by atoms with van der Waals surface area (Å²) in [7, 11) is 0. The first kappa shape index (κ1) is 18.4. The van der Waals surface area contributed by atoms with Gasteiger partial charge in [-0.2, -0.15) is 0 Å². The normalized spacial score (nSPS) is 10.9. The number of aromatic nitrogens is 3. The SMILES string of the molecule is O=C(Nc1cnc(-c2cccc(O)c2)nc1)c1ccc(-c2nc3ccccc3s2)s1. The molecule has 0 saturated heterocycles. The van der Waals surface area contributed by atoms with E-state index in [1.54, 1.807) is 48.0 Å². The van der Waals surface area contributed by atoms with Crippen LogP contribution in [0.2, 0.25) is 0 Å². The molecule has 0 aliphatic rings. The zero-order valence-corrected chi connectivity index (χ0v) is 17.1. The molecule has 0 aliphatic carbocycles. The molecule has 5 rings (SSSR count). The van der Waals surface area contributed by atoms with Gasteiger partial charge < -0.3 is 10.4 Å². The minimum Gasteiger partial charge on any atom is -0.508 e. The molecule has 3 aromatic heterocycles. The largest absolute Gasteiger partial charge is 0.508 e. The third-order valence-corrected chi connectivity index (χ3v) is 6.64. The average Bonchev–Trinajstić information content (AvgIpc) is 3.41. The molecular weight excluding hydrogens is 416 g/mol. The Hall–Kier alpha value is -3.62. The quantitative estimate of drug-likeness (QED) is 0.396. The average molecular weight is 431 g/mol. The molecule has 0 bridgehead atoms. The van der Waals surface area contributed by atoms with Crippen LogP contribution in [0.25, 0.3) is 31.5 Å². The van der Waals surface area contributed by atoms with Crippen molar-refractivity contribution < 1.29 is 9.90 Å². The first-order valence-corrected chi connectivity index (χ1v) is 10.7. The van der Waals surface area contributed by atoms with Crippen molar-refractivity contribution in [3.63, 3.8) is 0 Å². The molecule has 146 valence electrons. The van der Waals surface area contributed by atoms with E-state index in [4.69, 9.17) is 0 Å². The number of thiophene rings is 1. The molecule has 0 saturated carbocycles. The topological polar surface area (TPSA) is 88.0 Å². The van der Waals surface area contributed by atoms with Gasteiger partial charge >= 0.3 is 0 Å². The number of carbonyl (C=O) groups is 1. The Balaban J connectivity index is 1.32. The number of para-hydroxylation sites is 1. The van der Waals surface area contributed by atoms with Crippen LogP contribution in [0.1, 0.15) is 9.67 Å². The maximum atomic E-state index is 12.6. The Bertz CT molecular complexity index is 1330. The minimum atomic E-state index is -0.221. The van der Waals surface area contributed by atoms with Crippen LogP contribution in [0.3, 0.4) is 0 Å². The van der Waals surface area contributed by atoms with Gasteiger partial charge in [0, 0.05) is 5.56 Å². The van der Waals surface area contributed by atoms with Crippen LogP contribution in [-0.2, 0) is 0 Å². The van der Waals surface area contributed by atoms with Crippen LogP contribution >= 0.6 is 22.7 Å². The number of phenols is 1. The van der Waals surface area contributed by atoms with Gasteiger partial charge in [0.15, 0.2) is 5.82 Å². The summed E-state index contributed by atoms with van der Waals surface area (Å²) in [5, 5.41) is 13.3. The molecule has 5 aromatic rings. The van der Waals surface area contributed by atoms with E-state index in [9.17, 15) is 9.90 Å². The van der Waals surface area contributed by atoms with Crippen LogP contribution in [-0.4, -0.2) is 26.0 Å². The number of rotatable bonds is 4.